The van der Waals surface area contributed by atoms with Crippen LogP contribution in [0, 0.1) is 6.92 Å². The van der Waals surface area contributed by atoms with Crippen molar-refractivity contribution in [1.29, 1.82) is 0 Å². The summed E-state index contributed by atoms with van der Waals surface area (Å²) in [5.74, 6) is 0.340. The smallest absolute Gasteiger partial charge is 0.346 e. The highest BCUT2D eigenvalue weighted by molar-refractivity contribution is 5.75. The van der Waals surface area contributed by atoms with Crippen LogP contribution in [0.15, 0.2) is 53.7 Å². The molecule has 8 nitrogen and oxygen atoms in total. The van der Waals surface area contributed by atoms with Gasteiger partial charge in [-0.25, -0.2) is 9.48 Å². The molecule has 3 aromatic rings. The Bertz CT molecular complexity index is 965. The van der Waals surface area contributed by atoms with Crippen LogP contribution in [0.3, 0.4) is 0 Å². The lowest BCUT2D eigenvalue weighted by molar-refractivity contribution is -0.122. The number of nitrogens with zero attached hydrogens (tertiary/aromatic N) is 5. The molecule has 1 N–H and O–H groups in total. The topological polar surface area (TPSA) is 94.7 Å². The van der Waals surface area contributed by atoms with Crippen molar-refractivity contribution in [3.63, 3.8) is 0 Å². The molecule has 1 amide bonds. The van der Waals surface area contributed by atoms with E-state index in [0.717, 1.165) is 17.7 Å². The number of carbonyl (C=O) groups excluding carboxylic acids is 1. The largest absolute Gasteiger partial charge is 0.352 e. The zero-order valence-corrected chi connectivity index (χ0v) is 16.1. The van der Waals surface area contributed by atoms with E-state index in [1.165, 1.54) is 4.68 Å². The lowest BCUT2D eigenvalue weighted by atomic mass is 10.1. The third kappa shape index (κ3) is 5.12. The number of carbonyl (C=O) groups is 1. The van der Waals surface area contributed by atoms with Gasteiger partial charge in [0, 0.05) is 37.6 Å². The fourth-order valence-corrected chi connectivity index (χ4v) is 3.05. The van der Waals surface area contributed by atoms with E-state index >= 15 is 0 Å². The van der Waals surface area contributed by atoms with Crippen LogP contribution >= 0.6 is 0 Å². The molecule has 0 saturated carbocycles. The molecule has 146 valence electrons. The van der Waals surface area contributed by atoms with Gasteiger partial charge < -0.3 is 5.32 Å². The molecule has 1 aromatic carbocycles. The summed E-state index contributed by atoms with van der Waals surface area (Å²) < 4.78 is 2.81. The lowest BCUT2D eigenvalue weighted by Gasteiger charge is -2.12. The number of aryl methyl sites for hydroxylation is 2. The summed E-state index contributed by atoms with van der Waals surface area (Å²) in [6, 6.07) is 9.83. The van der Waals surface area contributed by atoms with Crippen molar-refractivity contribution in [2.24, 2.45) is 0 Å². The normalized spacial score (nSPS) is 11.9. The molecule has 0 fully saturated rings. The average Bonchev–Trinajstić information content (AvgIpc) is 2.94. The van der Waals surface area contributed by atoms with Gasteiger partial charge in [0.2, 0.25) is 5.91 Å². The molecule has 28 heavy (non-hydrogen) atoms. The van der Waals surface area contributed by atoms with Crippen LogP contribution in [0.5, 0.6) is 0 Å². The van der Waals surface area contributed by atoms with Gasteiger partial charge in [-0.05, 0) is 25.8 Å². The van der Waals surface area contributed by atoms with Gasteiger partial charge in [0.05, 0.1) is 5.69 Å². The second-order valence-corrected chi connectivity index (χ2v) is 6.74. The first-order chi connectivity index (χ1) is 13.5. The number of amides is 1. The minimum absolute atomic E-state index is 0.108. The number of hydrogen-bond acceptors (Lipinski definition) is 5. The Balaban J connectivity index is 1.58. The number of benzene rings is 1. The highest BCUT2D eigenvalue weighted by Gasteiger charge is 2.15. The van der Waals surface area contributed by atoms with E-state index in [9.17, 15) is 9.59 Å². The fourth-order valence-electron chi connectivity index (χ4n) is 3.05. The summed E-state index contributed by atoms with van der Waals surface area (Å²) in [5, 5.41) is 7.11. The van der Waals surface area contributed by atoms with E-state index in [1.54, 1.807) is 30.1 Å². The Morgan fingerprint density at radius 2 is 2.00 bits per heavy atom. The second kappa shape index (κ2) is 9.07. The Morgan fingerprint density at radius 3 is 2.71 bits per heavy atom. The first kappa shape index (κ1) is 19.5. The van der Waals surface area contributed by atoms with E-state index in [0.29, 0.717) is 18.8 Å². The molecule has 0 aliphatic rings. The van der Waals surface area contributed by atoms with Gasteiger partial charge in [0.15, 0.2) is 0 Å². The molecular formula is C20H24N6O2. The third-order valence-electron chi connectivity index (χ3n) is 4.41. The molecule has 1 atom stereocenters. The molecular weight excluding hydrogens is 356 g/mol. The predicted molar refractivity (Wildman–Crippen MR) is 105 cm³/mol. The summed E-state index contributed by atoms with van der Waals surface area (Å²) in [6.07, 6.45) is 6.20. The Hall–Kier alpha value is -3.29. The van der Waals surface area contributed by atoms with E-state index in [2.05, 4.69) is 20.4 Å². The highest BCUT2D eigenvalue weighted by atomic mass is 16.2. The van der Waals surface area contributed by atoms with Crippen molar-refractivity contribution in [3.8, 4) is 0 Å². The first-order valence-electron chi connectivity index (χ1n) is 9.25. The molecule has 8 heteroatoms. The third-order valence-corrected chi connectivity index (χ3v) is 4.41. The lowest BCUT2D eigenvalue weighted by Crippen LogP contribution is -2.39. The van der Waals surface area contributed by atoms with Gasteiger partial charge in [-0.2, -0.15) is 5.10 Å². The van der Waals surface area contributed by atoms with Crippen LogP contribution < -0.4 is 11.0 Å². The SMILES string of the molecule is Cc1nn(CC(=O)NC(C)Cc2cnccn2)c(=O)n1CCc1ccccc1. The molecule has 2 heterocycles. The average molecular weight is 380 g/mol. The monoisotopic (exact) mass is 380 g/mol. The van der Waals surface area contributed by atoms with E-state index < -0.39 is 0 Å². The number of hydrogen-bond donors (Lipinski definition) is 1. The van der Waals surface area contributed by atoms with Crippen molar-refractivity contribution < 1.29 is 4.79 Å². The Labute approximate surface area is 163 Å². The van der Waals surface area contributed by atoms with Gasteiger partial charge in [0.25, 0.3) is 0 Å². The van der Waals surface area contributed by atoms with Gasteiger partial charge in [0.1, 0.15) is 12.4 Å². The highest BCUT2D eigenvalue weighted by Crippen LogP contribution is 2.02. The zero-order chi connectivity index (χ0) is 19.9. The number of nitrogens with one attached hydrogen (secondary N) is 1. The second-order valence-electron chi connectivity index (χ2n) is 6.74. The number of rotatable bonds is 8. The van der Waals surface area contributed by atoms with Crippen molar-refractivity contribution >= 4 is 5.91 Å². The quantitative estimate of drug-likeness (QED) is 0.632. The van der Waals surface area contributed by atoms with E-state index in [1.807, 2.05) is 37.3 Å². The van der Waals surface area contributed by atoms with Crippen LogP contribution in [-0.4, -0.2) is 36.3 Å². The summed E-state index contributed by atoms with van der Waals surface area (Å²) in [5.41, 5.74) is 1.68. The Kier molecular flexibility index (Phi) is 6.31. The van der Waals surface area contributed by atoms with Crippen molar-refractivity contribution in [3.05, 3.63) is 76.5 Å². The van der Waals surface area contributed by atoms with Crippen LogP contribution in [0.25, 0.3) is 0 Å². The molecule has 0 aliphatic carbocycles. The van der Waals surface area contributed by atoms with Crippen LogP contribution in [0.1, 0.15) is 24.0 Å². The minimum atomic E-state index is -0.273. The van der Waals surface area contributed by atoms with Crippen LogP contribution in [0.2, 0.25) is 0 Å². The Morgan fingerprint density at radius 1 is 1.21 bits per heavy atom. The van der Waals surface area contributed by atoms with Gasteiger partial charge in [-0.1, -0.05) is 30.3 Å². The fraction of sp³-hybridized carbons (Fsp3) is 0.350. The number of aromatic nitrogens is 5. The standard InChI is InChI=1S/C20H24N6O2/c1-15(12-18-13-21-9-10-22-18)23-19(27)14-26-20(28)25(16(2)24-26)11-8-17-6-4-3-5-7-17/h3-7,9-10,13,15H,8,11-12,14H2,1-2H3,(H,23,27). The molecule has 0 spiro atoms. The van der Waals surface area contributed by atoms with Crippen molar-refractivity contribution in [2.45, 2.75) is 45.8 Å². The molecule has 0 aliphatic heterocycles. The first-order valence-corrected chi connectivity index (χ1v) is 9.25. The molecule has 0 saturated heterocycles. The summed E-state index contributed by atoms with van der Waals surface area (Å²) in [6.45, 7) is 4.08. The molecule has 0 bridgehead atoms. The maximum atomic E-state index is 12.6. The molecule has 1 unspecified atom stereocenters. The van der Waals surface area contributed by atoms with Crippen molar-refractivity contribution in [1.82, 2.24) is 29.6 Å². The maximum Gasteiger partial charge on any atom is 0.346 e. The van der Waals surface area contributed by atoms with Gasteiger partial charge in [-0.15, -0.1) is 0 Å². The maximum absolute atomic E-state index is 12.6. The predicted octanol–water partition coefficient (Wildman–Crippen LogP) is 1.13. The minimum Gasteiger partial charge on any atom is -0.352 e. The van der Waals surface area contributed by atoms with Gasteiger partial charge in [-0.3, -0.25) is 19.3 Å². The molecule has 2 aromatic heterocycles. The summed E-state index contributed by atoms with van der Waals surface area (Å²) >= 11 is 0. The van der Waals surface area contributed by atoms with E-state index in [-0.39, 0.29) is 24.2 Å². The summed E-state index contributed by atoms with van der Waals surface area (Å²) in [4.78, 5) is 33.1. The molecule has 0 radical (unpaired) electrons. The van der Waals surface area contributed by atoms with Crippen molar-refractivity contribution in [2.75, 3.05) is 0 Å². The van der Waals surface area contributed by atoms with E-state index in [4.69, 9.17) is 0 Å². The molecule has 3 rings (SSSR count). The van der Waals surface area contributed by atoms with Gasteiger partial charge >= 0.3 is 5.69 Å². The van der Waals surface area contributed by atoms with Crippen LogP contribution in [-0.2, 0) is 30.7 Å². The zero-order valence-electron chi connectivity index (χ0n) is 16.1. The summed E-state index contributed by atoms with van der Waals surface area (Å²) in [7, 11) is 0. The van der Waals surface area contributed by atoms with Crippen LogP contribution in [0.4, 0.5) is 0 Å².